The first-order chi connectivity index (χ1) is 9.97. The van der Waals surface area contributed by atoms with E-state index < -0.39 is 22.1 Å². The Morgan fingerprint density at radius 1 is 1.48 bits per heavy atom. The van der Waals surface area contributed by atoms with E-state index in [1.807, 2.05) is 0 Å². The van der Waals surface area contributed by atoms with Crippen molar-refractivity contribution in [3.63, 3.8) is 0 Å². The monoisotopic (exact) mass is 318 g/mol. The van der Waals surface area contributed by atoms with E-state index in [1.165, 1.54) is 23.5 Å². The van der Waals surface area contributed by atoms with Crippen molar-refractivity contribution in [3.8, 4) is 5.75 Å². The molecule has 1 aromatic rings. The number of hydrogen-bond acceptors (Lipinski definition) is 4. The van der Waals surface area contributed by atoms with E-state index in [0.29, 0.717) is 18.7 Å². The van der Waals surface area contributed by atoms with Gasteiger partial charge in [0.1, 0.15) is 11.6 Å². The Kier molecular flexibility index (Phi) is 5.02. The zero-order valence-electron chi connectivity index (χ0n) is 11.8. The highest BCUT2D eigenvalue weighted by atomic mass is 32.2. The molecule has 0 saturated carbocycles. The number of nitrogens with zero attached hydrogens (tertiary/aromatic N) is 1. The molecule has 0 aromatic heterocycles. The van der Waals surface area contributed by atoms with Gasteiger partial charge in [0.15, 0.2) is 0 Å². The van der Waals surface area contributed by atoms with Crippen molar-refractivity contribution in [1.82, 2.24) is 4.31 Å². The second-order valence-corrected chi connectivity index (χ2v) is 6.52. The van der Waals surface area contributed by atoms with E-state index in [1.54, 1.807) is 0 Å². The van der Waals surface area contributed by atoms with Gasteiger partial charge in [-0.25, -0.2) is 4.39 Å². The van der Waals surface area contributed by atoms with E-state index in [9.17, 15) is 17.9 Å². The molecule has 1 saturated heterocycles. The van der Waals surface area contributed by atoms with Crippen molar-refractivity contribution in [2.24, 2.45) is 0 Å². The van der Waals surface area contributed by atoms with Crippen LogP contribution in [0.5, 0.6) is 5.75 Å². The van der Waals surface area contributed by atoms with Crippen LogP contribution < -0.4 is 9.46 Å². The summed E-state index contributed by atoms with van der Waals surface area (Å²) in [6, 6.07) is 3.36. The molecule has 0 radical (unpaired) electrons. The molecule has 1 atom stereocenters. The van der Waals surface area contributed by atoms with Crippen LogP contribution in [0.2, 0.25) is 0 Å². The number of aliphatic hydroxyl groups excluding tert-OH is 1. The Hall–Kier alpha value is -1.38. The molecule has 21 heavy (non-hydrogen) atoms. The Labute approximate surface area is 123 Å². The molecule has 1 aromatic carbocycles. The summed E-state index contributed by atoms with van der Waals surface area (Å²) in [7, 11) is -2.50. The number of methoxy groups -OCH3 is 1. The molecule has 0 amide bonds. The Morgan fingerprint density at radius 3 is 2.90 bits per heavy atom. The lowest BCUT2D eigenvalue weighted by atomic mass is 10.1. The molecule has 8 heteroatoms. The zero-order chi connectivity index (χ0) is 15.5. The first-order valence-electron chi connectivity index (χ1n) is 6.72. The molecule has 0 spiro atoms. The number of nitrogens with one attached hydrogen (secondary N) is 1. The minimum atomic E-state index is -3.92. The lowest BCUT2D eigenvalue weighted by Gasteiger charge is -2.33. The van der Waals surface area contributed by atoms with E-state index in [0.717, 1.165) is 18.9 Å². The van der Waals surface area contributed by atoms with Crippen molar-refractivity contribution >= 4 is 15.9 Å². The van der Waals surface area contributed by atoms with Crippen molar-refractivity contribution < 1.29 is 22.7 Å². The first-order valence-corrected chi connectivity index (χ1v) is 8.16. The quantitative estimate of drug-likeness (QED) is 0.859. The fraction of sp³-hybridized carbons (Fsp3) is 0.538. The van der Waals surface area contributed by atoms with Gasteiger partial charge in [0.05, 0.1) is 19.4 Å². The smallest absolute Gasteiger partial charge is 0.302 e. The normalized spacial score (nSPS) is 20.2. The van der Waals surface area contributed by atoms with Gasteiger partial charge in [0.25, 0.3) is 0 Å². The summed E-state index contributed by atoms with van der Waals surface area (Å²) in [6.45, 7) is 0.0631. The van der Waals surface area contributed by atoms with Crippen LogP contribution in [-0.4, -0.2) is 44.1 Å². The van der Waals surface area contributed by atoms with Crippen LogP contribution in [0.1, 0.15) is 19.3 Å². The SMILES string of the molecule is COc1ccc(F)c(NS(=O)(=O)N2CCCCC2CO)c1. The summed E-state index contributed by atoms with van der Waals surface area (Å²) in [6.07, 6.45) is 2.18. The van der Waals surface area contributed by atoms with Gasteiger partial charge in [-0.3, -0.25) is 4.72 Å². The lowest BCUT2D eigenvalue weighted by Crippen LogP contribution is -2.48. The summed E-state index contributed by atoms with van der Waals surface area (Å²) in [5.41, 5.74) is -0.170. The van der Waals surface area contributed by atoms with E-state index in [2.05, 4.69) is 4.72 Å². The van der Waals surface area contributed by atoms with Gasteiger partial charge in [-0.15, -0.1) is 0 Å². The highest BCUT2D eigenvalue weighted by molar-refractivity contribution is 7.90. The van der Waals surface area contributed by atoms with Crippen LogP contribution in [0.3, 0.4) is 0 Å². The number of rotatable bonds is 5. The summed E-state index contributed by atoms with van der Waals surface area (Å²) >= 11 is 0. The molecule has 2 N–H and O–H groups in total. The number of benzene rings is 1. The zero-order valence-corrected chi connectivity index (χ0v) is 12.6. The third-order valence-corrected chi connectivity index (χ3v) is 5.08. The van der Waals surface area contributed by atoms with Crippen LogP contribution in [-0.2, 0) is 10.2 Å². The maximum absolute atomic E-state index is 13.7. The minimum Gasteiger partial charge on any atom is -0.497 e. The molecule has 1 aliphatic heterocycles. The van der Waals surface area contributed by atoms with Crippen molar-refractivity contribution in [1.29, 1.82) is 0 Å². The molecule has 118 valence electrons. The van der Waals surface area contributed by atoms with Gasteiger partial charge in [0, 0.05) is 18.7 Å². The summed E-state index contributed by atoms with van der Waals surface area (Å²) in [5.74, 6) is -0.330. The molecule has 0 aliphatic carbocycles. The van der Waals surface area contributed by atoms with Gasteiger partial charge in [0.2, 0.25) is 0 Å². The highest BCUT2D eigenvalue weighted by Gasteiger charge is 2.32. The molecular weight excluding hydrogens is 299 g/mol. The highest BCUT2D eigenvalue weighted by Crippen LogP contribution is 2.25. The van der Waals surface area contributed by atoms with Gasteiger partial charge >= 0.3 is 10.2 Å². The van der Waals surface area contributed by atoms with Gasteiger partial charge < -0.3 is 9.84 Å². The van der Waals surface area contributed by atoms with Gasteiger partial charge in [-0.2, -0.15) is 12.7 Å². The predicted octanol–water partition coefficient (Wildman–Crippen LogP) is 1.34. The summed E-state index contributed by atoms with van der Waals surface area (Å²) in [4.78, 5) is 0. The number of hydrogen-bond donors (Lipinski definition) is 2. The molecule has 1 fully saturated rings. The molecule has 6 nitrogen and oxygen atoms in total. The van der Waals surface area contributed by atoms with Crippen LogP contribution in [0, 0.1) is 5.82 Å². The Balaban J connectivity index is 2.24. The van der Waals surface area contributed by atoms with Crippen LogP contribution in [0.25, 0.3) is 0 Å². The van der Waals surface area contributed by atoms with Gasteiger partial charge in [-0.05, 0) is 25.0 Å². The average molecular weight is 318 g/mol. The Morgan fingerprint density at radius 2 is 2.24 bits per heavy atom. The predicted molar refractivity (Wildman–Crippen MR) is 76.9 cm³/mol. The fourth-order valence-electron chi connectivity index (χ4n) is 2.38. The van der Waals surface area contributed by atoms with E-state index in [-0.39, 0.29) is 12.3 Å². The lowest BCUT2D eigenvalue weighted by molar-refractivity contribution is 0.156. The third kappa shape index (κ3) is 3.63. The molecule has 1 aliphatic rings. The van der Waals surface area contributed by atoms with Crippen LogP contribution in [0.15, 0.2) is 18.2 Å². The number of aliphatic hydroxyl groups is 1. The maximum atomic E-state index is 13.7. The van der Waals surface area contributed by atoms with Crippen molar-refractivity contribution in [2.45, 2.75) is 25.3 Å². The summed E-state index contributed by atoms with van der Waals surface area (Å²) in [5, 5.41) is 9.30. The number of anilines is 1. The average Bonchev–Trinajstić information content (AvgIpc) is 2.49. The maximum Gasteiger partial charge on any atom is 0.302 e. The summed E-state index contributed by atoms with van der Waals surface area (Å²) < 4.78 is 46.9. The van der Waals surface area contributed by atoms with Crippen molar-refractivity contribution in [2.75, 3.05) is 25.0 Å². The topological polar surface area (TPSA) is 78.9 Å². The largest absolute Gasteiger partial charge is 0.497 e. The number of piperidine rings is 1. The molecular formula is C13H19FN2O4S. The van der Waals surface area contributed by atoms with Crippen molar-refractivity contribution in [3.05, 3.63) is 24.0 Å². The fourth-order valence-corrected chi connectivity index (χ4v) is 3.87. The molecule has 1 heterocycles. The number of ether oxygens (including phenoxy) is 1. The number of halogens is 1. The molecule has 1 unspecified atom stereocenters. The second-order valence-electron chi connectivity index (χ2n) is 4.90. The first kappa shape index (κ1) is 16.0. The van der Waals surface area contributed by atoms with Gasteiger partial charge in [-0.1, -0.05) is 6.42 Å². The van der Waals surface area contributed by atoms with Crippen LogP contribution in [0.4, 0.5) is 10.1 Å². The second kappa shape index (κ2) is 6.59. The molecule has 0 bridgehead atoms. The van der Waals surface area contributed by atoms with Crippen LogP contribution >= 0.6 is 0 Å². The third-order valence-electron chi connectivity index (χ3n) is 3.51. The van der Waals surface area contributed by atoms with E-state index >= 15 is 0 Å². The standard InChI is InChI=1S/C13H19FN2O4S/c1-20-11-5-6-12(14)13(8-11)15-21(18,19)16-7-3-2-4-10(16)9-17/h5-6,8,10,15,17H,2-4,7,9H2,1H3. The Bertz CT molecular complexity index is 594. The van der Waals surface area contributed by atoms with E-state index in [4.69, 9.17) is 4.74 Å². The molecule has 2 rings (SSSR count). The minimum absolute atomic E-state index is 0.170.